The number of para-hydroxylation sites is 1. The van der Waals surface area contributed by atoms with E-state index in [-0.39, 0.29) is 17.7 Å². The third-order valence-corrected chi connectivity index (χ3v) is 5.80. The third-order valence-electron chi connectivity index (χ3n) is 5.80. The molecule has 0 spiro atoms. The van der Waals surface area contributed by atoms with Crippen LogP contribution in [0.3, 0.4) is 0 Å². The average molecular weight is 389 g/mol. The number of carbonyl (C=O) groups excluding carboxylic acids is 2. The van der Waals surface area contributed by atoms with Gasteiger partial charge in [0.2, 0.25) is 11.8 Å². The molecule has 1 aliphatic rings. The minimum Gasteiger partial charge on any atom is -0.361 e. The standard InChI is InChI=1S/C24H27N3O2/c1-2-26(16-18-8-4-3-5-9-18)24(29)20-14-23(28)27(17-20)13-12-19-15-25-22-11-7-6-10-21(19)22/h3-11,15,20,25H,2,12-14,16-17H2,1H3. The number of amides is 2. The van der Waals surface area contributed by atoms with Crippen molar-refractivity contribution >= 4 is 22.7 Å². The Morgan fingerprint density at radius 1 is 1.14 bits per heavy atom. The fourth-order valence-corrected chi connectivity index (χ4v) is 4.16. The second-order valence-corrected chi connectivity index (χ2v) is 7.69. The van der Waals surface area contributed by atoms with E-state index < -0.39 is 0 Å². The van der Waals surface area contributed by atoms with Gasteiger partial charge in [-0.25, -0.2) is 0 Å². The van der Waals surface area contributed by atoms with E-state index >= 15 is 0 Å². The van der Waals surface area contributed by atoms with Crippen LogP contribution in [0.25, 0.3) is 10.9 Å². The molecule has 2 aromatic carbocycles. The molecule has 5 heteroatoms. The normalized spacial score (nSPS) is 16.5. The van der Waals surface area contributed by atoms with Crippen LogP contribution in [-0.2, 0) is 22.6 Å². The third kappa shape index (κ3) is 4.19. The Labute approximate surface area is 171 Å². The predicted octanol–water partition coefficient (Wildman–Crippen LogP) is 3.61. The summed E-state index contributed by atoms with van der Waals surface area (Å²) in [6.45, 7) is 4.40. The molecule has 1 aliphatic heterocycles. The SMILES string of the molecule is CCN(Cc1ccccc1)C(=O)C1CC(=O)N(CCc2c[nH]c3ccccc23)C1. The molecule has 29 heavy (non-hydrogen) atoms. The molecule has 150 valence electrons. The maximum atomic E-state index is 13.0. The molecule has 3 aromatic rings. The number of hydrogen-bond acceptors (Lipinski definition) is 2. The quantitative estimate of drug-likeness (QED) is 0.671. The van der Waals surface area contributed by atoms with E-state index in [0.29, 0.717) is 32.6 Å². The highest BCUT2D eigenvalue weighted by Crippen LogP contribution is 2.23. The maximum absolute atomic E-state index is 13.0. The van der Waals surface area contributed by atoms with E-state index in [1.807, 2.05) is 65.4 Å². The molecule has 1 N–H and O–H groups in total. The lowest BCUT2D eigenvalue weighted by Gasteiger charge is -2.24. The lowest BCUT2D eigenvalue weighted by molar-refractivity contribution is -0.136. The highest BCUT2D eigenvalue weighted by Gasteiger charge is 2.36. The largest absolute Gasteiger partial charge is 0.361 e. The first kappa shape index (κ1) is 19.2. The Kier molecular flexibility index (Phi) is 5.65. The van der Waals surface area contributed by atoms with Crippen LogP contribution in [0.5, 0.6) is 0 Å². The van der Waals surface area contributed by atoms with Crippen LogP contribution in [0, 0.1) is 5.92 Å². The number of fused-ring (bicyclic) bond motifs is 1. The van der Waals surface area contributed by atoms with Crippen molar-refractivity contribution in [2.45, 2.75) is 26.3 Å². The number of rotatable bonds is 7. The van der Waals surface area contributed by atoms with Crippen molar-refractivity contribution in [3.8, 4) is 0 Å². The molecule has 0 bridgehead atoms. The van der Waals surface area contributed by atoms with E-state index in [0.717, 1.165) is 17.5 Å². The van der Waals surface area contributed by atoms with E-state index in [4.69, 9.17) is 0 Å². The van der Waals surface area contributed by atoms with Gasteiger partial charge in [0.1, 0.15) is 0 Å². The minimum absolute atomic E-state index is 0.0824. The van der Waals surface area contributed by atoms with Crippen molar-refractivity contribution in [1.82, 2.24) is 14.8 Å². The smallest absolute Gasteiger partial charge is 0.228 e. The van der Waals surface area contributed by atoms with Crippen molar-refractivity contribution < 1.29 is 9.59 Å². The van der Waals surface area contributed by atoms with Gasteiger partial charge in [-0.3, -0.25) is 9.59 Å². The Balaban J connectivity index is 1.37. The Bertz CT molecular complexity index is 996. The number of H-pyrrole nitrogens is 1. The summed E-state index contributed by atoms with van der Waals surface area (Å²) in [5.41, 5.74) is 3.44. The molecule has 1 aromatic heterocycles. The van der Waals surface area contributed by atoms with Crippen LogP contribution >= 0.6 is 0 Å². The minimum atomic E-state index is -0.242. The Morgan fingerprint density at radius 2 is 1.90 bits per heavy atom. The Morgan fingerprint density at radius 3 is 2.69 bits per heavy atom. The molecule has 2 amide bonds. The van der Waals surface area contributed by atoms with Gasteiger partial charge in [-0.15, -0.1) is 0 Å². The van der Waals surface area contributed by atoms with Gasteiger partial charge in [0.25, 0.3) is 0 Å². The van der Waals surface area contributed by atoms with Gasteiger partial charge >= 0.3 is 0 Å². The van der Waals surface area contributed by atoms with E-state index in [1.165, 1.54) is 10.9 Å². The van der Waals surface area contributed by atoms with E-state index in [9.17, 15) is 9.59 Å². The monoisotopic (exact) mass is 389 g/mol. The van der Waals surface area contributed by atoms with E-state index in [2.05, 4.69) is 17.1 Å². The van der Waals surface area contributed by atoms with Crippen LogP contribution in [0.1, 0.15) is 24.5 Å². The fourth-order valence-electron chi connectivity index (χ4n) is 4.16. The van der Waals surface area contributed by atoms with Crippen molar-refractivity contribution in [3.63, 3.8) is 0 Å². The van der Waals surface area contributed by atoms with Crippen molar-refractivity contribution in [1.29, 1.82) is 0 Å². The summed E-state index contributed by atoms with van der Waals surface area (Å²) in [4.78, 5) is 32.5. The number of likely N-dealkylation sites (tertiary alicyclic amines) is 1. The predicted molar refractivity (Wildman–Crippen MR) is 114 cm³/mol. The first-order chi connectivity index (χ1) is 14.2. The molecule has 1 fully saturated rings. The molecule has 0 saturated carbocycles. The number of aromatic nitrogens is 1. The first-order valence-corrected chi connectivity index (χ1v) is 10.3. The zero-order valence-electron chi connectivity index (χ0n) is 16.8. The number of nitrogens with one attached hydrogen (secondary N) is 1. The number of nitrogens with zero attached hydrogens (tertiary/aromatic N) is 2. The number of carbonyl (C=O) groups is 2. The molecular formula is C24H27N3O2. The topological polar surface area (TPSA) is 56.4 Å². The average Bonchev–Trinajstić information content (AvgIpc) is 3.34. The number of benzene rings is 2. The first-order valence-electron chi connectivity index (χ1n) is 10.3. The molecule has 1 saturated heterocycles. The number of hydrogen-bond donors (Lipinski definition) is 1. The van der Waals surface area contributed by atoms with Crippen LogP contribution in [0.2, 0.25) is 0 Å². The van der Waals surface area contributed by atoms with Crippen LogP contribution in [0.15, 0.2) is 60.8 Å². The fraction of sp³-hybridized carbons (Fsp3) is 0.333. The number of aromatic amines is 1. The zero-order chi connectivity index (χ0) is 20.2. The van der Waals surface area contributed by atoms with Gasteiger partial charge in [0.05, 0.1) is 5.92 Å². The van der Waals surface area contributed by atoms with E-state index in [1.54, 1.807) is 0 Å². The van der Waals surface area contributed by atoms with Crippen LogP contribution < -0.4 is 0 Å². The highest BCUT2D eigenvalue weighted by atomic mass is 16.2. The summed E-state index contributed by atoms with van der Waals surface area (Å²) in [6, 6.07) is 18.2. The van der Waals surface area contributed by atoms with Gasteiger partial charge in [0, 0.05) is 49.7 Å². The van der Waals surface area contributed by atoms with Gasteiger partial charge in [-0.1, -0.05) is 48.5 Å². The van der Waals surface area contributed by atoms with Crippen molar-refractivity contribution in [2.75, 3.05) is 19.6 Å². The lowest BCUT2D eigenvalue weighted by Crippen LogP contribution is -2.37. The second-order valence-electron chi connectivity index (χ2n) is 7.69. The van der Waals surface area contributed by atoms with Gasteiger partial charge in [0.15, 0.2) is 0 Å². The van der Waals surface area contributed by atoms with Gasteiger partial charge in [-0.2, -0.15) is 0 Å². The van der Waals surface area contributed by atoms with Crippen LogP contribution in [-0.4, -0.2) is 46.2 Å². The summed E-state index contributed by atoms with van der Waals surface area (Å²) < 4.78 is 0. The van der Waals surface area contributed by atoms with Gasteiger partial charge < -0.3 is 14.8 Å². The van der Waals surface area contributed by atoms with Crippen molar-refractivity contribution in [3.05, 3.63) is 71.9 Å². The summed E-state index contributed by atoms with van der Waals surface area (Å²) in [5, 5.41) is 1.20. The molecule has 0 radical (unpaired) electrons. The molecule has 4 rings (SSSR count). The zero-order valence-corrected chi connectivity index (χ0v) is 16.8. The molecule has 1 unspecified atom stereocenters. The lowest BCUT2D eigenvalue weighted by atomic mass is 10.1. The van der Waals surface area contributed by atoms with Gasteiger partial charge in [-0.05, 0) is 30.5 Å². The molecular weight excluding hydrogens is 362 g/mol. The highest BCUT2D eigenvalue weighted by molar-refractivity contribution is 5.89. The molecule has 2 heterocycles. The molecule has 0 aliphatic carbocycles. The van der Waals surface area contributed by atoms with Crippen molar-refractivity contribution in [2.24, 2.45) is 5.92 Å². The summed E-state index contributed by atoms with van der Waals surface area (Å²) >= 11 is 0. The maximum Gasteiger partial charge on any atom is 0.228 e. The van der Waals surface area contributed by atoms with Crippen LogP contribution in [0.4, 0.5) is 0 Å². The summed E-state index contributed by atoms with van der Waals surface area (Å²) in [5.74, 6) is -0.0765. The molecule has 5 nitrogen and oxygen atoms in total. The Hall–Kier alpha value is -3.08. The second kappa shape index (κ2) is 8.52. The summed E-state index contributed by atoms with van der Waals surface area (Å²) in [6.07, 6.45) is 3.13. The summed E-state index contributed by atoms with van der Waals surface area (Å²) in [7, 11) is 0. The molecule has 1 atom stereocenters.